The van der Waals surface area contributed by atoms with Crippen molar-refractivity contribution in [3.63, 3.8) is 0 Å². The zero-order chi connectivity index (χ0) is 10.6. The fourth-order valence-electron chi connectivity index (χ4n) is 1.01. The van der Waals surface area contributed by atoms with Crippen LogP contribution >= 0.6 is 11.6 Å². The Balaban J connectivity index is 2.95. The van der Waals surface area contributed by atoms with Crippen LogP contribution in [0.3, 0.4) is 0 Å². The monoisotopic (exact) mass is 214 g/mol. The molecule has 0 aromatic carbocycles. The molecule has 1 aromatic rings. The van der Waals surface area contributed by atoms with E-state index in [2.05, 4.69) is 16.9 Å². The van der Waals surface area contributed by atoms with Crippen molar-refractivity contribution in [2.75, 3.05) is 6.61 Å². The van der Waals surface area contributed by atoms with Gasteiger partial charge in [0.1, 0.15) is 11.0 Å². The number of hydrogen-bond donors (Lipinski definition) is 0. The minimum absolute atomic E-state index is 0.489. The molecule has 0 amide bonds. The molecule has 0 fully saturated rings. The Morgan fingerprint density at radius 2 is 2.00 bits per heavy atom. The standard InChI is InChI=1S/C10H15ClN2O/c1-4-6-14-10-7(3)9(11)12-8(5-2)13-10/h4-6H2,1-3H3. The fraction of sp³-hybridized carbons (Fsp3) is 0.600. The van der Waals surface area contributed by atoms with Crippen molar-refractivity contribution in [1.82, 2.24) is 9.97 Å². The maximum atomic E-state index is 5.95. The Hall–Kier alpha value is -0.830. The van der Waals surface area contributed by atoms with Crippen LogP contribution in [0.5, 0.6) is 5.88 Å². The number of aryl methyl sites for hydroxylation is 1. The average molecular weight is 215 g/mol. The van der Waals surface area contributed by atoms with Gasteiger partial charge in [-0.25, -0.2) is 4.98 Å². The lowest BCUT2D eigenvalue weighted by molar-refractivity contribution is 0.301. The van der Waals surface area contributed by atoms with Gasteiger partial charge >= 0.3 is 0 Å². The smallest absolute Gasteiger partial charge is 0.221 e. The summed E-state index contributed by atoms with van der Waals surface area (Å²) in [6.07, 6.45) is 1.73. The molecule has 0 saturated carbocycles. The normalized spacial score (nSPS) is 10.3. The van der Waals surface area contributed by atoms with Crippen LogP contribution in [0.25, 0.3) is 0 Å². The Morgan fingerprint density at radius 3 is 2.57 bits per heavy atom. The quantitative estimate of drug-likeness (QED) is 0.723. The van der Waals surface area contributed by atoms with E-state index >= 15 is 0 Å². The average Bonchev–Trinajstić information content (AvgIpc) is 2.20. The number of hydrogen-bond acceptors (Lipinski definition) is 3. The maximum Gasteiger partial charge on any atom is 0.221 e. The van der Waals surface area contributed by atoms with E-state index in [9.17, 15) is 0 Å². The molecule has 0 unspecified atom stereocenters. The molecule has 0 bridgehead atoms. The van der Waals surface area contributed by atoms with E-state index in [4.69, 9.17) is 16.3 Å². The SMILES string of the molecule is CCCOc1nc(CC)nc(Cl)c1C. The maximum absolute atomic E-state index is 5.95. The summed E-state index contributed by atoms with van der Waals surface area (Å²) in [6.45, 7) is 6.58. The first-order chi connectivity index (χ1) is 6.69. The molecule has 78 valence electrons. The number of halogens is 1. The highest BCUT2D eigenvalue weighted by Gasteiger charge is 2.08. The third kappa shape index (κ3) is 2.58. The molecular weight excluding hydrogens is 200 g/mol. The number of nitrogens with zero attached hydrogens (tertiary/aromatic N) is 2. The number of rotatable bonds is 4. The fourth-order valence-corrected chi connectivity index (χ4v) is 1.19. The number of aromatic nitrogens is 2. The summed E-state index contributed by atoms with van der Waals surface area (Å²) in [4.78, 5) is 8.41. The van der Waals surface area contributed by atoms with Crippen molar-refractivity contribution in [3.05, 3.63) is 16.5 Å². The lowest BCUT2D eigenvalue weighted by Gasteiger charge is -2.08. The molecule has 1 heterocycles. The molecule has 0 aliphatic rings. The van der Waals surface area contributed by atoms with Crippen LogP contribution in [0.4, 0.5) is 0 Å². The minimum Gasteiger partial charge on any atom is -0.477 e. The molecule has 0 aliphatic carbocycles. The molecule has 0 spiro atoms. The van der Waals surface area contributed by atoms with Crippen molar-refractivity contribution in [3.8, 4) is 5.88 Å². The Morgan fingerprint density at radius 1 is 1.29 bits per heavy atom. The summed E-state index contributed by atoms with van der Waals surface area (Å²) in [7, 11) is 0. The molecule has 0 aliphatic heterocycles. The second kappa shape index (κ2) is 5.15. The van der Waals surface area contributed by atoms with Crippen LogP contribution in [0.1, 0.15) is 31.7 Å². The van der Waals surface area contributed by atoms with E-state index in [1.165, 1.54) is 0 Å². The summed E-state index contributed by atoms with van der Waals surface area (Å²) in [6, 6.07) is 0. The predicted octanol–water partition coefficient (Wildman–Crippen LogP) is 2.79. The lowest BCUT2D eigenvalue weighted by Crippen LogP contribution is -2.04. The first-order valence-corrected chi connectivity index (χ1v) is 5.22. The van der Waals surface area contributed by atoms with Crippen LogP contribution in [0, 0.1) is 6.92 Å². The van der Waals surface area contributed by atoms with Crippen molar-refractivity contribution in [1.29, 1.82) is 0 Å². The molecule has 4 heteroatoms. The second-order valence-corrected chi connectivity index (χ2v) is 3.42. The van der Waals surface area contributed by atoms with Crippen LogP contribution in [0.2, 0.25) is 5.15 Å². The Labute approximate surface area is 89.5 Å². The van der Waals surface area contributed by atoms with Gasteiger partial charge in [-0.3, -0.25) is 0 Å². The molecule has 0 N–H and O–H groups in total. The van der Waals surface area contributed by atoms with Gasteiger partial charge in [-0.05, 0) is 13.3 Å². The van der Waals surface area contributed by atoms with E-state index in [0.29, 0.717) is 17.6 Å². The zero-order valence-electron chi connectivity index (χ0n) is 8.80. The van der Waals surface area contributed by atoms with E-state index in [1.807, 2.05) is 13.8 Å². The molecule has 0 radical (unpaired) electrons. The molecule has 14 heavy (non-hydrogen) atoms. The van der Waals surface area contributed by atoms with Gasteiger partial charge < -0.3 is 4.74 Å². The molecule has 0 saturated heterocycles. The van der Waals surface area contributed by atoms with Gasteiger partial charge in [0.2, 0.25) is 5.88 Å². The lowest BCUT2D eigenvalue weighted by atomic mass is 10.3. The van der Waals surface area contributed by atoms with E-state index in [1.54, 1.807) is 0 Å². The second-order valence-electron chi connectivity index (χ2n) is 3.06. The van der Waals surface area contributed by atoms with E-state index in [-0.39, 0.29) is 0 Å². The minimum atomic E-state index is 0.489. The van der Waals surface area contributed by atoms with Crippen LogP contribution in [0.15, 0.2) is 0 Å². The van der Waals surface area contributed by atoms with Gasteiger partial charge in [0.05, 0.1) is 6.61 Å². The van der Waals surface area contributed by atoms with E-state index in [0.717, 1.165) is 24.2 Å². The van der Waals surface area contributed by atoms with Gasteiger partial charge in [0.15, 0.2) is 0 Å². The highest BCUT2D eigenvalue weighted by Crippen LogP contribution is 2.21. The van der Waals surface area contributed by atoms with Gasteiger partial charge in [-0.15, -0.1) is 0 Å². The molecular formula is C10H15ClN2O. The van der Waals surface area contributed by atoms with Crippen molar-refractivity contribution in [2.24, 2.45) is 0 Å². The summed E-state index contributed by atoms with van der Waals surface area (Å²) >= 11 is 5.95. The first kappa shape index (κ1) is 11.2. The van der Waals surface area contributed by atoms with Crippen LogP contribution in [-0.2, 0) is 6.42 Å². The van der Waals surface area contributed by atoms with Crippen molar-refractivity contribution < 1.29 is 4.74 Å². The first-order valence-electron chi connectivity index (χ1n) is 4.84. The molecule has 0 atom stereocenters. The number of ether oxygens (including phenoxy) is 1. The molecule has 1 aromatic heterocycles. The zero-order valence-corrected chi connectivity index (χ0v) is 9.56. The Bertz CT molecular complexity index is 315. The van der Waals surface area contributed by atoms with Crippen molar-refractivity contribution >= 4 is 11.6 Å². The molecule has 3 nitrogen and oxygen atoms in total. The van der Waals surface area contributed by atoms with Crippen LogP contribution in [-0.4, -0.2) is 16.6 Å². The molecule has 1 rings (SSSR count). The third-order valence-corrected chi connectivity index (χ3v) is 2.22. The summed E-state index contributed by atoms with van der Waals surface area (Å²) < 4.78 is 5.47. The predicted molar refractivity (Wildman–Crippen MR) is 56.9 cm³/mol. The third-order valence-electron chi connectivity index (χ3n) is 1.85. The highest BCUT2D eigenvalue weighted by molar-refractivity contribution is 6.30. The topological polar surface area (TPSA) is 35.0 Å². The van der Waals surface area contributed by atoms with Crippen LogP contribution < -0.4 is 4.74 Å². The van der Waals surface area contributed by atoms with Crippen molar-refractivity contribution in [2.45, 2.75) is 33.6 Å². The van der Waals surface area contributed by atoms with Gasteiger partial charge in [-0.1, -0.05) is 25.4 Å². The summed E-state index contributed by atoms with van der Waals surface area (Å²) in [5.74, 6) is 1.34. The highest BCUT2D eigenvalue weighted by atomic mass is 35.5. The Kier molecular flexibility index (Phi) is 4.14. The summed E-state index contributed by atoms with van der Waals surface area (Å²) in [5.41, 5.74) is 0.817. The largest absolute Gasteiger partial charge is 0.477 e. The van der Waals surface area contributed by atoms with Gasteiger partial charge in [0, 0.05) is 12.0 Å². The van der Waals surface area contributed by atoms with Gasteiger partial charge in [0.25, 0.3) is 0 Å². The van der Waals surface area contributed by atoms with E-state index < -0.39 is 0 Å². The summed E-state index contributed by atoms with van der Waals surface area (Å²) in [5, 5.41) is 0.489. The van der Waals surface area contributed by atoms with Gasteiger partial charge in [-0.2, -0.15) is 4.98 Å².